The Morgan fingerprint density at radius 1 is 1.62 bits per heavy atom. The van der Waals surface area contributed by atoms with Crippen molar-refractivity contribution in [3.05, 3.63) is 18.2 Å². The number of aryl methyl sites for hydroxylation is 1. The zero-order valence-corrected chi connectivity index (χ0v) is 10.3. The van der Waals surface area contributed by atoms with Crippen LogP contribution in [0.4, 0.5) is 0 Å². The Labute approximate surface area is 97.4 Å². The zero-order valence-electron chi connectivity index (χ0n) is 10.3. The minimum absolute atomic E-state index is 0.333. The number of nitrogens with zero attached hydrogens (tertiary/aromatic N) is 3. The van der Waals surface area contributed by atoms with Gasteiger partial charge in [0.2, 0.25) is 0 Å². The van der Waals surface area contributed by atoms with Crippen LogP contribution in [0, 0.1) is 0 Å². The largest absolute Gasteiger partial charge is 0.333 e. The summed E-state index contributed by atoms with van der Waals surface area (Å²) in [5.41, 5.74) is 7.21. The summed E-state index contributed by atoms with van der Waals surface area (Å²) in [7, 11) is 0. The lowest BCUT2D eigenvalue weighted by molar-refractivity contribution is 0.188. The maximum absolute atomic E-state index is 5.95. The summed E-state index contributed by atoms with van der Waals surface area (Å²) in [5.74, 6) is 0. The molecule has 16 heavy (non-hydrogen) atoms. The van der Waals surface area contributed by atoms with E-state index >= 15 is 0 Å². The number of hydrogen-bond donors (Lipinski definition) is 1. The van der Waals surface area contributed by atoms with E-state index in [0.717, 1.165) is 13.1 Å². The van der Waals surface area contributed by atoms with Crippen molar-refractivity contribution in [1.29, 1.82) is 0 Å². The second kappa shape index (κ2) is 4.97. The molecule has 2 atom stereocenters. The molecule has 2 N–H and O–H groups in total. The second-order valence-electron chi connectivity index (χ2n) is 4.59. The van der Waals surface area contributed by atoms with Crippen molar-refractivity contribution < 1.29 is 0 Å². The molecular weight excluding hydrogens is 200 g/mol. The van der Waals surface area contributed by atoms with E-state index in [4.69, 9.17) is 5.73 Å². The van der Waals surface area contributed by atoms with Gasteiger partial charge >= 0.3 is 0 Å². The Balaban J connectivity index is 2.21. The van der Waals surface area contributed by atoms with Crippen LogP contribution in [0.15, 0.2) is 12.5 Å². The van der Waals surface area contributed by atoms with Gasteiger partial charge in [0.05, 0.1) is 18.1 Å². The molecule has 90 valence electrons. The summed E-state index contributed by atoms with van der Waals surface area (Å²) in [6.07, 6.45) is 6.44. The standard InChI is InChI=1S/C12H22N4/c1-3-15-9-14-8-12(15)11(7-13)16-6-4-5-10(16)2/h8-11H,3-7,13H2,1-2H3. The van der Waals surface area contributed by atoms with Gasteiger partial charge in [0.25, 0.3) is 0 Å². The van der Waals surface area contributed by atoms with E-state index in [-0.39, 0.29) is 0 Å². The molecular formula is C12H22N4. The number of rotatable bonds is 4. The first-order valence-electron chi connectivity index (χ1n) is 6.23. The Hall–Kier alpha value is -0.870. The highest BCUT2D eigenvalue weighted by Crippen LogP contribution is 2.28. The Morgan fingerprint density at radius 3 is 3.00 bits per heavy atom. The molecule has 4 heteroatoms. The van der Waals surface area contributed by atoms with Crippen molar-refractivity contribution in [3.63, 3.8) is 0 Å². The van der Waals surface area contributed by atoms with Crippen LogP contribution in [0.3, 0.4) is 0 Å². The molecule has 1 saturated heterocycles. The molecule has 1 aliphatic rings. The summed E-state index contributed by atoms with van der Waals surface area (Å²) in [5, 5.41) is 0. The van der Waals surface area contributed by atoms with Crippen LogP contribution in [0.5, 0.6) is 0 Å². The molecule has 0 radical (unpaired) electrons. The van der Waals surface area contributed by atoms with Gasteiger partial charge in [-0.15, -0.1) is 0 Å². The van der Waals surface area contributed by atoms with Gasteiger partial charge in [0.1, 0.15) is 0 Å². The van der Waals surface area contributed by atoms with Gasteiger partial charge in [-0.25, -0.2) is 4.98 Å². The molecule has 2 heterocycles. The topological polar surface area (TPSA) is 47.1 Å². The predicted octanol–water partition coefficient (Wildman–Crippen LogP) is 1.39. The maximum Gasteiger partial charge on any atom is 0.0948 e. The Morgan fingerprint density at radius 2 is 2.44 bits per heavy atom. The highest BCUT2D eigenvalue weighted by molar-refractivity contribution is 5.08. The van der Waals surface area contributed by atoms with Gasteiger partial charge in [0.15, 0.2) is 0 Å². The first-order valence-corrected chi connectivity index (χ1v) is 6.23. The van der Waals surface area contributed by atoms with Crippen LogP contribution in [0.1, 0.15) is 38.4 Å². The van der Waals surface area contributed by atoms with E-state index in [1.807, 2.05) is 12.5 Å². The molecule has 2 rings (SSSR count). The SMILES string of the molecule is CCn1cncc1C(CN)N1CCCC1C. The minimum Gasteiger partial charge on any atom is -0.333 e. The molecule has 0 bridgehead atoms. The van der Waals surface area contributed by atoms with Crippen molar-refractivity contribution in [2.45, 2.75) is 45.3 Å². The summed E-state index contributed by atoms with van der Waals surface area (Å²) in [6.45, 7) is 7.25. The van der Waals surface area contributed by atoms with Gasteiger partial charge in [-0.05, 0) is 33.2 Å². The number of nitrogens with two attached hydrogens (primary N) is 1. The lowest BCUT2D eigenvalue weighted by Crippen LogP contribution is -2.37. The van der Waals surface area contributed by atoms with E-state index in [2.05, 4.69) is 28.3 Å². The molecule has 1 fully saturated rings. The minimum atomic E-state index is 0.333. The van der Waals surface area contributed by atoms with Gasteiger partial charge in [-0.2, -0.15) is 0 Å². The average molecular weight is 222 g/mol. The summed E-state index contributed by atoms with van der Waals surface area (Å²) in [4.78, 5) is 6.76. The molecule has 1 aliphatic heterocycles. The monoisotopic (exact) mass is 222 g/mol. The second-order valence-corrected chi connectivity index (χ2v) is 4.59. The van der Waals surface area contributed by atoms with E-state index in [1.165, 1.54) is 18.5 Å². The fourth-order valence-electron chi connectivity index (χ4n) is 2.72. The molecule has 0 saturated carbocycles. The number of aromatic nitrogens is 2. The van der Waals surface area contributed by atoms with Gasteiger partial charge in [0, 0.05) is 25.3 Å². The lowest BCUT2D eigenvalue weighted by Gasteiger charge is -2.30. The van der Waals surface area contributed by atoms with Gasteiger partial charge in [-0.3, -0.25) is 4.90 Å². The smallest absolute Gasteiger partial charge is 0.0948 e. The highest BCUT2D eigenvalue weighted by atomic mass is 15.2. The van der Waals surface area contributed by atoms with Crippen LogP contribution in [0.2, 0.25) is 0 Å². The highest BCUT2D eigenvalue weighted by Gasteiger charge is 2.29. The molecule has 0 spiro atoms. The van der Waals surface area contributed by atoms with Crippen molar-refractivity contribution in [3.8, 4) is 0 Å². The first-order chi connectivity index (χ1) is 7.77. The fourth-order valence-corrected chi connectivity index (χ4v) is 2.72. The summed E-state index contributed by atoms with van der Waals surface area (Å²) >= 11 is 0. The van der Waals surface area contributed by atoms with Gasteiger partial charge in [-0.1, -0.05) is 0 Å². The van der Waals surface area contributed by atoms with Crippen molar-refractivity contribution in [2.24, 2.45) is 5.73 Å². The van der Waals surface area contributed by atoms with Crippen LogP contribution in [-0.4, -0.2) is 33.6 Å². The first kappa shape index (κ1) is 11.6. The zero-order chi connectivity index (χ0) is 11.5. The predicted molar refractivity (Wildman–Crippen MR) is 65.1 cm³/mol. The van der Waals surface area contributed by atoms with Gasteiger partial charge < -0.3 is 10.3 Å². The maximum atomic E-state index is 5.95. The normalized spacial score (nSPS) is 23.8. The fraction of sp³-hybridized carbons (Fsp3) is 0.750. The Bertz CT molecular complexity index is 334. The van der Waals surface area contributed by atoms with E-state index < -0.39 is 0 Å². The number of imidazole rings is 1. The van der Waals surface area contributed by atoms with Crippen LogP contribution in [-0.2, 0) is 6.54 Å². The molecule has 0 aliphatic carbocycles. The lowest BCUT2D eigenvalue weighted by atomic mass is 10.1. The molecule has 0 aromatic carbocycles. The number of likely N-dealkylation sites (tertiary alicyclic amines) is 1. The van der Waals surface area contributed by atoms with Crippen molar-refractivity contribution >= 4 is 0 Å². The quantitative estimate of drug-likeness (QED) is 0.837. The molecule has 2 unspecified atom stereocenters. The van der Waals surface area contributed by atoms with E-state index in [1.54, 1.807) is 0 Å². The molecule has 1 aromatic heterocycles. The molecule has 0 amide bonds. The molecule has 1 aromatic rings. The van der Waals surface area contributed by atoms with Crippen molar-refractivity contribution in [2.75, 3.05) is 13.1 Å². The average Bonchev–Trinajstić information content (AvgIpc) is 2.90. The van der Waals surface area contributed by atoms with E-state index in [9.17, 15) is 0 Å². The third-order valence-corrected chi connectivity index (χ3v) is 3.65. The third kappa shape index (κ3) is 1.99. The van der Waals surface area contributed by atoms with E-state index in [0.29, 0.717) is 18.6 Å². The van der Waals surface area contributed by atoms with Crippen LogP contribution in [0.25, 0.3) is 0 Å². The van der Waals surface area contributed by atoms with Crippen LogP contribution >= 0.6 is 0 Å². The molecule has 4 nitrogen and oxygen atoms in total. The van der Waals surface area contributed by atoms with Crippen LogP contribution < -0.4 is 5.73 Å². The Kier molecular flexibility index (Phi) is 3.61. The summed E-state index contributed by atoms with van der Waals surface area (Å²) < 4.78 is 2.20. The summed E-state index contributed by atoms with van der Waals surface area (Å²) in [6, 6.07) is 0.980. The van der Waals surface area contributed by atoms with Crippen molar-refractivity contribution in [1.82, 2.24) is 14.5 Å². The number of hydrogen-bond acceptors (Lipinski definition) is 3. The third-order valence-electron chi connectivity index (χ3n) is 3.65.